The zero-order valence-electron chi connectivity index (χ0n) is 14.6. The second-order valence-corrected chi connectivity index (χ2v) is 10.3. The number of anilines is 1. The Morgan fingerprint density at radius 2 is 1.90 bits per heavy atom. The Morgan fingerprint density at radius 3 is 2.52 bits per heavy atom. The molecule has 0 fully saturated rings. The Hall–Kier alpha value is -0.950. The molecule has 29 heavy (non-hydrogen) atoms. The monoisotopic (exact) mass is 713 g/mol. The van der Waals surface area contributed by atoms with Gasteiger partial charge in [-0.1, -0.05) is 12.1 Å². The molecule has 0 aliphatic rings. The van der Waals surface area contributed by atoms with Gasteiger partial charge in [0.15, 0.2) is 0 Å². The van der Waals surface area contributed by atoms with Gasteiger partial charge in [0.25, 0.3) is 5.91 Å². The van der Waals surface area contributed by atoms with Crippen molar-refractivity contribution >= 4 is 99.3 Å². The number of aromatic carboxylic acids is 1. The number of carboxylic acid groups (broad SMARTS) is 1. The predicted octanol–water partition coefficient (Wildman–Crippen LogP) is 7.27. The largest absolute Gasteiger partial charge is 0.494 e. The van der Waals surface area contributed by atoms with Crippen molar-refractivity contribution in [3.05, 3.63) is 63.8 Å². The number of ether oxygens (including phenoxy) is 1. The van der Waals surface area contributed by atoms with Crippen molar-refractivity contribution in [1.29, 1.82) is 0 Å². The average molecular weight is 716 g/mol. The first-order chi connectivity index (χ1) is 13.7. The van der Waals surface area contributed by atoms with E-state index in [1.165, 1.54) is 18.4 Å². The lowest BCUT2D eigenvalue weighted by Crippen LogP contribution is -2.15. The molecule has 0 saturated heterocycles. The minimum absolute atomic E-state index is 0.0598. The van der Waals surface area contributed by atoms with Gasteiger partial charge in [0, 0.05) is 13.4 Å². The van der Waals surface area contributed by atoms with E-state index in [9.17, 15) is 14.7 Å². The van der Waals surface area contributed by atoms with Gasteiger partial charge in [0.1, 0.15) is 11.3 Å². The lowest BCUT2D eigenvalue weighted by atomic mass is 10.1. The molecule has 2 aromatic carbocycles. The maximum atomic E-state index is 12.9. The lowest BCUT2D eigenvalue weighted by Gasteiger charge is -2.13. The first-order valence-electron chi connectivity index (χ1n) is 7.88. The van der Waals surface area contributed by atoms with Gasteiger partial charge in [-0.2, -0.15) is 0 Å². The van der Waals surface area contributed by atoms with E-state index in [0.717, 1.165) is 9.13 Å². The molecule has 0 radical (unpaired) electrons. The van der Waals surface area contributed by atoms with Crippen molar-refractivity contribution in [3.8, 4) is 16.2 Å². The van der Waals surface area contributed by atoms with Gasteiger partial charge in [-0.15, -0.1) is 11.3 Å². The number of hydrogen-bond donors (Lipinski definition) is 2. The fourth-order valence-corrected chi connectivity index (χ4v) is 5.96. The normalized spacial score (nSPS) is 10.7. The summed E-state index contributed by atoms with van der Waals surface area (Å²) in [6.45, 7) is 0. The van der Waals surface area contributed by atoms with Crippen LogP contribution in [0.3, 0.4) is 0 Å². The molecular formula is C19H11Br3INO4S. The highest BCUT2D eigenvalue weighted by Gasteiger charge is 2.24. The van der Waals surface area contributed by atoms with Crippen LogP contribution < -0.4 is 10.1 Å². The van der Waals surface area contributed by atoms with Crippen LogP contribution in [0.15, 0.2) is 49.1 Å². The van der Waals surface area contributed by atoms with Gasteiger partial charge in [-0.05, 0) is 94.1 Å². The van der Waals surface area contributed by atoms with Crippen LogP contribution in [0.5, 0.6) is 5.75 Å². The fraction of sp³-hybridized carbons (Fsp3) is 0.0526. The molecule has 0 spiro atoms. The highest BCUT2D eigenvalue weighted by atomic mass is 127. The molecule has 10 heteroatoms. The summed E-state index contributed by atoms with van der Waals surface area (Å²) in [6, 6.07) is 9.16. The Balaban J connectivity index is 2.03. The van der Waals surface area contributed by atoms with E-state index in [2.05, 4.69) is 75.7 Å². The van der Waals surface area contributed by atoms with E-state index in [0.29, 0.717) is 29.6 Å². The first kappa shape index (κ1) is 22.7. The number of amides is 1. The summed E-state index contributed by atoms with van der Waals surface area (Å²) in [7, 11) is 1.49. The van der Waals surface area contributed by atoms with Crippen LogP contribution in [0.4, 0.5) is 5.69 Å². The van der Waals surface area contributed by atoms with Crippen LogP contribution in [0.25, 0.3) is 10.4 Å². The van der Waals surface area contributed by atoms with Gasteiger partial charge in [0.2, 0.25) is 0 Å². The Bertz CT molecular complexity index is 1130. The summed E-state index contributed by atoms with van der Waals surface area (Å²) >= 11 is 13.6. The number of carbonyl (C=O) groups excluding carboxylic acids is 1. The van der Waals surface area contributed by atoms with Crippen LogP contribution in [0.2, 0.25) is 0 Å². The van der Waals surface area contributed by atoms with Gasteiger partial charge in [0.05, 0.1) is 32.2 Å². The fourth-order valence-electron chi connectivity index (χ4n) is 2.62. The number of rotatable bonds is 5. The number of benzene rings is 2. The van der Waals surface area contributed by atoms with Crippen LogP contribution in [0.1, 0.15) is 20.7 Å². The SMILES string of the molecule is COc1c(Br)c(Br)cc(C(=O)Nc2csc(-c3cccc(I)c3)c2C(=O)O)c1Br. The second kappa shape index (κ2) is 9.46. The van der Waals surface area contributed by atoms with Crippen LogP contribution in [0, 0.1) is 3.57 Å². The third kappa shape index (κ3) is 4.71. The third-order valence-corrected chi connectivity index (χ3v) is 8.34. The smallest absolute Gasteiger partial charge is 0.339 e. The Morgan fingerprint density at radius 1 is 1.17 bits per heavy atom. The Labute approximate surface area is 209 Å². The molecule has 1 aromatic heterocycles. The van der Waals surface area contributed by atoms with Crippen LogP contribution >= 0.6 is 81.7 Å². The van der Waals surface area contributed by atoms with Crippen molar-refractivity contribution in [3.63, 3.8) is 0 Å². The van der Waals surface area contributed by atoms with E-state index in [1.807, 2.05) is 24.3 Å². The quantitative estimate of drug-likeness (QED) is 0.216. The highest BCUT2D eigenvalue weighted by molar-refractivity contribution is 14.1. The molecule has 5 nitrogen and oxygen atoms in total. The van der Waals surface area contributed by atoms with Crippen molar-refractivity contribution in [2.75, 3.05) is 12.4 Å². The van der Waals surface area contributed by atoms with E-state index in [-0.39, 0.29) is 11.3 Å². The summed E-state index contributed by atoms with van der Waals surface area (Å²) in [6.07, 6.45) is 0. The first-order valence-corrected chi connectivity index (χ1v) is 12.2. The minimum Gasteiger partial charge on any atom is -0.494 e. The molecule has 150 valence electrons. The zero-order chi connectivity index (χ0) is 21.3. The summed E-state index contributed by atoms with van der Waals surface area (Å²) in [5, 5.41) is 14.1. The number of hydrogen-bond acceptors (Lipinski definition) is 4. The Kier molecular flexibility index (Phi) is 7.41. The molecule has 3 rings (SSSR count). The summed E-state index contributed by atoms with van der Waals surface area (Å²) in [5.74, 6) is -1.12. The standard InChI is InChI=1S/C19H11Br3INO4S/c1-28-16-14(21)10(6-11(20)15(16)22)18(25)24-12-7-29-17(13(12)19(26)27)8-3-2-4-9(23)5-8/h2-7H,1H3,(H,24,25)(H,26,27). The average Bonchev–Trinajstić information content (AvgIpc) is 3.09. The summed E-state index contributed by atoms with van der Waals surface area (Å²) in [4.78, 5) is 25.5. The highest BCUT2D eigenvalue weighted by Crippen LogP contribution is 2.42. The predicted molar refractivity (Wildman–Crippen MR) is 133 cm³/mol. The van der Waals surface area contributed by atoms with E-state index in [1.54, 1.807) is 11.4 Å². The maximum Gasteiger partial charge on any atom is 0.339 e. The number of carboxylic acids is 1. The summed E-state index contributed by atoms with van der Waals surface area (Å²) < 4.78 is 8.07. The topological polar surface area (TPSA) is 75.6 Å². The van der Waals surface area contributed by atoms with Crippen molar-refractivity contribution in [2.45, 2.75) is 0 Å². The van der Waals surface area contributed by atoms with Crippen molar-refractivity contribution < 1.29 is 19.4 Å². The number of nitrogens with one attached hydrogen (secondary N) is 1. The molecule has 2 N–H and O–H groups in total. The van der Waals surface area contributed by atoms with Crippen molar-refractivity contribution in [2.24, 2.45) is 0 Å². The molecule has 1 amide bonds. The van der Waals surface area contributed by atoms with Gasteiger partial charge >= 0.3 is 5.97 Å². The molecule has 0 aliphatic heterocycles. The lowest BCUT2D eigenvalue weighted by molar-refractivity contribution is 0.0699. The third-order valence-electron chi connectivity index (χ3n) is 3.90. The number of thiophene rings is 1. The molecule has 0 bridgehead atoms. The molecule has 0 saturated carbocycles. The molecule has 0 unspecified atom stereocenters. The molecule has 0 aliphatic carbocycles. The minimum atomic E-state index is -1.11. The molecule has 3 aromatic rings. The van der Waals surface area contributed by atoms with E-state index in [4.69, 9.17) is 4.74 Å². The number of halogens is 4. The molecular weight excluding hydrogens is 705 g/mol. The van der Waals surface area contributed by atoms with Gasteiger partial charge in [-0.25, -0.2) is 4.79 Å². The van der Waals surface area contributed by atoms with E-state index < -0.39 is 11.9 Å². The van der Waals surface area contributed by atoms with Crippen LogP contribution in [-0.2, 0) is 0 Å². The number of carbonyl (C=O) groups is 2. The second-order valence-electron chi connectivity index (χ2n) is 5.69. The van der Waals surface area contributed by atoms with Crippen LogP contribution in [-0.4, -0.2) is 24.1 Å². The van der Waals surface area contributed by atoms with Crippen molar-refractivity contribution in [1.82, 2.24) is 0 Å². The summed E-state index contributed by atoms with van der Waals surface area (Å²) in [5.41, 5.74) is 1.39. The zero-order valence-corrected chi connectivity index (χ0v) is 22.3. The van der Waals surface area contributed by atoms with Gasteiger partial charge in [-0.3, -0.25) is 4.79 Å². The molecule has 1 heterocycles. The maximum absolute atomic E-state index is 12.9. The van der Waals surface area contributed by atoms with Gasteiger partial charge < -0.3 is 15.2 Å². The number of methoxy groups -OCH3 is 1. The van der Waals surface area contributed by atoms with E-state index >= 15 is 0 Å². The molecule has 0 atom stereocenters.